The van der Waals surface area contributed by atoms with Crippen LogP contribution >= 0.6 is 0 Å². The normalized spacial score (nSPS) is 23.2. The molecule has 1 heterocycles. The molecule has 3 heteroatoms. The second-order valence-corrected chi connectivity index (χ2v) is 6.02. The topological polar surface area (TPSA) is 32.7 Å². The SMILES string of the molecule is Cc1ccc(C)c(OCCCN2CCC(C)C2CO)c1. The molecule has 1 N–H and O–H groups in total. The minimum absolute atomic E-state index is 0.277. The molecule has 0 bridgehead atoms. The van der Waals surface area contributed by atoms with Gasteiger partial charge in [-0.1, -0.05) is 19.1 Å². The van der Waals surface area contributed by atoms with E-state index in [0.717, 1.165) is 31.9 Å². The van der Waals surface area contributed by atoms with E-state index in [0.29, 0.717) is 12.0 Å². The van der Waals surface area contributed by atoms with Gasteiger partial charge in [0.15, 0.2) is 0 Å². The molecule has 0 spiro atoms. The van der Waals surface area contributed by atoms with E-state index in [1.807, 2.05) is 0 Å². The first-order valence-electron chi connectivity index (χ1n) is 7.66. The van der Waals surface area contributed by atoms with Crippen LogP contribution in [0.3, 0.4) is 0 Å². The number of ether oxygens (including phenoxy) is 1. The molecule has 1 fully saturated rings. The zero-order valence-electron chi connectivity index (χ0n) is 12.9. The van der Waals surface area contributed by atoms with Gasteiger partial charge in [0.25, 0.3) is 0 Å². The Morgan fingerprint density at radius 2 is 2.15 bits per heavy atom. The van der Waals surface area contributed by atoms with Crippen LogP contribution in [-0.4, -0.2) is 42.4 Å². The molecule has 1 aliphatic heterocycles. The molecule has 0 aliphatic carbocycles. The summed E-state index contributed by atoms with van der Waals surface area (Å²) < 4.78 is 5.88. The van der Waals surface area contributed by atoms with Crippen LogP contribution in [0.4, 0.5) is 0 Å². The fourth-order valence-electron chi connectivity index (χ4n) is 2.97. The van der Waals surface area contributed by atoms with E-state index < -0.39 is 0 Å². The lowest BCUT2D eigenvalue weighted by atomic mass is 10.0. The Kier molecular flexibility index (Phi) is 5.44. The molecule has 1 aromatic carbocycles. The number of hydrogen-bond donors (Lipinski definition) is 1. The van der Waals surface area contributed by atoms with Gasteiger partial charge in [-0.15, -0.1) is 0 Å². The first-order chi connectivity index (χ1) is 9.61. The summed E-state index contributed by atoms with van der Waals surface area (Å²) in [7, 11) is 0. The minimum Gasteiger partial charge on any atom is -0.493 e. The van der Waals surface area contributed by atoms with Gasteiger partial charge in [0.1, 0.15) is 5.75 Å². The number of aryl methyl sites for hydroxylation is 2. The molecule has 1 aliphatic rings. The Morgan fingerprint density at radius 3 is 2.90 bits per heavy atom. The fraction of sp³-hybridized carbons (Fsp3) is 0.647. The summed E-state index contributed by atoms with van der Waals surface area (Å²) in [5.41, 5.74) is 2.43. The average molecular weight is 277 g/mol. The molecule has 112 valence electrons. The van der Waals surface area contributed by atoms with E-state index in [-0.39, 0.29) is 6.61 Å². The molecular weight excluding hydrogens is 250 g/mol. The van der Waals surface area contributed by atoms with Crippen molar-refractivity contribution in [1.82, 2.24) is 4.90 Å². The second-order valence-electron chi connectivity index (χ2n) is 6.02. The smallest absolute Gasteiger partial charge is 0.122 e. The van der Waals surface area contributed by atoms with Crippen LogP contribution < -0.4 is 4.74 Å². The van der Waals surface area contributed by atoms with Crippen LogP contribution in [0.5, 0.6) is 5.75 Å². The van der Waals surface area contributed by atoms with Gasteiger partial charge in [-0.05, 0) is 56.3 Å². The van der Waals surface area contributed by atoms with Crippen LogP contribution in [0.25, 0.3) is 0 Å². The van der Waals surface area contributed by atoms with Gasteiger partial charge in [-0.25, -0.2) is 0 Å². The van der Waals surface area contributed by atoms with Crippen molar-refractivity contribution in [2.45, 2.75) is 39.7 Å². The molecule has 0 amide bonds. The molecule has 20 heavy (non-hydrogen) atoms. The lowest BCUT2D eigenvalue weighted by molar-refractivity contribution is 0.132. The highest BCUT2D eigenvalue weighted by molar-refractivity contribution is 5.35. The summed E-state index contributed by atoms with van der Waals surface area (Å²) in [5, 5.41) is 9.44. The molecule has 0 saturated carbocycles. The summed E-state index contributed by atoms with van der Waals surface area (Å²) in [6.45, 7) is 9.54. The third-order valence-corrected chi connectivity index (χ3v) is 4.38. The maximum atomic E-state index is 9.44. The van der Waals surface area contributed by atoms with E-state index in [1.165, 1.54) is 17.5 Å². The number of aliphatic hydroxyl groups is 1. The minimum atomic E-state index is 0.277. The number of hydrogen-bond acceptors (Lipinski definition) is 3. The van der Waals surface area contributed by atoms with Gasteiger partial charge in [-0.2, -0.15) is 0 Å². The lowest BCUT2D eigenvalue weighted by Crippen LogP contribution is -2.36. The van der Waals surface area contributed by atoms with E-state index >= 15 is 0 Å². The summed E-state index contributed by atoms with van der Waals surface area (Å²) in [4.78, 5) is 2.40. The molecule has 1 saturated heterocycles. The Hall–Kier alpha value is -1.06. The van der Waals surface area contributed by atoms with Crippen LogP contribution in [0, 0.1) is 19.8 Å². The van der Waals surface area contributed by atoms with E-state index in [2.05, 4.69) is 43.9 Å². The van der Waals surface area contributed by atoms with E-state index in [9.17, 15) is 5.11 Å². The van der Waals surface area contributed by atoms with Crippen LogP contribution in [0.2, 0.25) is 0 Å². The van der Waals surface area contributed by atoms with Crippen molar-refractivity contribution in [3.8, 4) is 5.75 Å². The zero-order valence-corrected chi connectivity index (χ0v) is 12.9. The third kappa shape index (κ3) is 3.74. The molecule has 0 radical (unpaired) electrons. The first-order valence-corrected chi connectivity index (χ1v) is 7.66. The van der Waals surface area contributed by atoms with Crippen molar-refractivity contribution in [1.29, 1.82) is 0 Å². The largest absolute Gasteiger partial charge is 0.493 e. The van der Waals surface area contributed by atoms with Gasteiger partial charge in [0.2, 0.25) is 0 Å². The predicted molar refractivity (Wildman–Crippen MR) is 82.3 cm³/mol. The fourth-order valence-corrected chi connectivity index (χ4v) is 2.97. The van der Waals surface area contributed by atoms with Crippen LogP contribution in [0.15, 0.2) is 18.2 Å². The second kappa shape index (κ2) is 7.09. The highest BCUT2D eigenvalue weighted by Gasteiger charge is 2.29. The lowest BCUT2D eigenvalue weighted by Gasteiger charge is -2.24. The Labute approximate surface area is 122 Å². The van der Waals surface area contributed by atoms with Crippen molar-refractivity contribution < 1.29 is 9.84 Å². The summed E-state index contributed by atoms with van der Waals surface area (Å²) in [6, 6.07) is 6.66. The number of aliphatic hydroxyl groups excluding tert-OH is 1. The molecule has 0 aromatic heterocycles. The molecule has 2 atom stereocenters. The van der Waals surface area contributed by atoms with Gasteiger partial charge in [-0.3, -0.25) is 4.90 Å². The highest BCUT2D eigenvalue weighted by Crippen LogP contribution is 2.24. The quantitative estimate of drug-likeness (QED) is 0.812. The number of rotatable bonds is 6. The molecular formula is C17H27NO2. The number of nitrogens with zero attached hydrogens (tertiary/aromatic N) is 1. The number of likely N-dealkylation sites (tertiary alicyclic amines) is 1. The molecule has 2 unspecified atom stereocenters. The predicted octanol–water partition coefficient (Wildman–Crippen LogP) is 2.78. The molecule has 2 rings (SSSR count). The Balaban J connectivity index is 1.75. The van der Waals surface area contributed by atoms with Crippen LogP contribution in [-0.2, 0) is 0 Å². The van der Waals surface area contributed by atoms with E-state index in [1.54, 1.807) is 0 Å². The van der Waals surface area contributed by atoms with Gasteiger partial charge >= 0.3 is 0 Å². The summed E-state index contributed by atoms with van der Waals surface area (Å²) in [6.07, 6.45) is 2.21. The maximum Gasteiger partial charge on any atom is 0.122 e. The summed E-state index contributed by atoms with van der Waals surface area (Å²) in [5.74, 6) is 1.61. The Bertz CT molecular complexity index is 433. The van der Waals surface area contributed by atoms with Crippen molar-refractivity contribution in [2.75, 3.05) is 26.3 Å². The molecule has 1 aromatic rings. The van der Waals surface area contributed by atoms with Crippen molar-refractivity contribution in [3.05, 3.63) is 29.3 Å². The first kappa shape index (κ1) is 15.3. The number of benzene rings is 1. The van der Waals surface area contributed by atoms with Gasteiger partial charge in [0, 0.05) is 12.6 Å². The van der Waals surface area contributed by atoms with Crippen LogP contribution in [0.1, 0.15) is 30.9 Å². The monoisotopic (exact) mass is 277 g/mol. The third-order valence-electron chi connectivity index (χ3n) is 4.38. The molecule has 3 nitrogen and oxygen atoms in total. The highest BCUT2D eigenvalue weighted by atomic mass is 16.5. The van der Waals surface area contributed by atoms with Crippen molar-refractivity contribution in [3.63, 3.8) is 0 Å². The zero-order chi connectivity index (χ0) is 14.5. The van der Waals surface area contributed by atoms with Gasteiger partial charge < -0.3 is 9.84 Å². The van der Waals surface area contributed by atoms with E-state index in [4.69, 9.17) is 4.74 Å². The maximum absolute atomic E-state index is 9.44. The Morgan fingerprint density at radius 1 is 1.35 bits per heavy atom. The average Bonchev–Trinajstić information content (AvgIpc) is 2.79. The standard InChI is InChI=1S/C17H27NO2/c1-13-5-6-15(3)17(11-13)20-10-4-8-18-9-7-14(2)16(18)12-19/h5-6,11,14,16,19H,4,7-10,12H2,1-3H3. The van der Waals surface area contributed by atoms with Gasteiger partial charge in [0.05, 0.1) is 13.2 Å². The van der Waals surface area contributed by atoms with Crippen molar-refractivity contribution in [2.24, 2.45) is 5.92 Å². The van der Waals surface area contributed by atoms with Crippen molar-refractivity contribution >= 4 is 0 Å². The summed E-state index contributed by atoms with van der Waals surface area (Å²) >= 11 is 0.